The molecular weight excluding hydrogens is 127 g/mol. The van der Waals surface area contributed by atoms with Crippen molar-refractivity contribution in [2.24, 2.45) is 0 Å². The molecular formula is C9H13F. The molecule has 1 heteroatoms. The number of hydrogen-bond donors (Lipinski definition) is 0. The minimum absolute atomic E-state index is 0.583. The quantitative estimate of drug-likeness (QED) is 0.525. The molecule has 0 heterocycles. The van der Waals surface area contributed by atoms with Crippen molar-refractivity contribution in [3.63, 3.8) is 0 Å². The smallest absolute Gasteiger partial charge is 0.107 e. The Morgan fingerprint density at radius 1 is 1.60 bits per heavy atom. The van der Waals surface area contributed by atoms with Gasteiger partial charge in [-0.2, -0.15) is 0 Å². The van der Waals surface area contributed by atoms with Gasteiger partial charge in [0.15, 0.2) is 0 Å². The lowest BCUT2D eigenvalue weighted by atomic mass is 10.2. The van der Waals surface area contributed by atoms with Gasteiger partial charge in [0, 0.05) is 0 Å². The van der Waals surface area contributed by atoms with Crippen molar-refractivity contribution in [2.75, 3.05) is 0 Å². The van der Waals surface area contributed by atoms with Crippen molar-refractivity contribution < 1.29 is 4.39 Å². The van der Waals surface area contributed by atoms with Crippen molar-refractivity contribution in [2.45, 2.75) is 32.4 Å². The lowest BCUT2D eigenvalue weighted by molar-refractivity contribution is 0.340. The summed E-state index contributed by atoms with van der Waals surface area (Å²) in [7, 11) is 0. The molecule has 0 saturated heterocycles. The summed E-state index contributed by atoms with van der Waals surface area (Å²) in [5.74, 6) is 0. The molecule has 0 amide bonds. The molecule has 0 nitrogen and oxygen atoms in total. The molecule has 0 saturated carbocycles. The second-order valence-corrected chi connectivity index (χ2v) is 2.60. The fraction of sp³-hybridized carbons (Fsp3) is 0.556. The van der Waals surface area contributed by atoms with Crippen LogP contribution in [-0.4, -0.2) is 6.17 Å². The molecule has 0 aliphatic heterocycles. The van der Waals surface area contributed by atoms with E-state index in [2.05, 4.69) is 6.92 Å². The van der Waals surface area contributed by atoms with Gasteiger partial charge < -0.3 is 0 Å². The molecule has 1 aliphatic carbocycles. The summed E-state index contributed by atoms with van der Waals surface area (Å²) in [4.78, 5) is 0. The summed E-state index contributed by atoms with van der Waals surface area (Å²) in [5, 5.41) is 0. The molecule has 0 spiro atoms. The lowest BCUT2D eigenvalue weighted by Crippen LogP contribution is -1.93. The summed E-state index contributed by atoms with van der Waals surface area (Å²) in [5.41, 5.74) is 1.26. The molecule has 1 aliphatic rings. The molecule has 56 valence electrons. The first kappa shape index (κ1) is 7.52. The van der Waals surface area contributed by atoms with Crippen LogP contribution in [0.4, 0.5) is 4.39 Å². The Bertz CT molecular complexity index is 156. The molecule has 0 aromatic carbocycles. The molecule has 0 radical (unpaired) electrons. The monoisotopic (exact) mass is 140 g/mol. The van der Waals surface area contributed by atoms with Gasteiger partial charge in [-0.1, -0.05) is 30.7 Å². The predicted molar refractivity (Wildman–Crippen MR) is 41.6 cm³/mol. The molecule has 0 aromatic rings. The minimum atomic E-state index is -0.653. The van der Waals surface area contributed by atoms with E-state index in [4.69, 9.17) is 0 Å². The van der Waals surface area contributed by atoms with Crippen LogP contribution in [0.15, 0.2) is 23.8 Å². The summed E-state index contributed by atoms with van der Waals surface area (Å²) in [6.45, 7) is 2.09. The molecule has 1 unspecified atom stereocenters. The molecule has 0 bridgehead atoms. The third-order valence-corrected chi connectivity index (χ3v) is 1.77. The van der Waals surface area contributed by atoms with Gasteiger partial charge in [0.1, 0.15) is 6.17 Å². The molecule has 10 heavy (non-hydrogen) atoms. The summed E-state index contributed by atoms with van der Waals surface area (Å²) in [6.07, 6.45) is 7.49. The fourth-order valence-electron chi connectivity index (χ4n) is 1.07. The fourth-order valence-corrected chi connectivity index (χ4v) is 1.07. The average Bonchev–Trinajstić information content (AvgIpc) is 2.14. The highest BCUT2D eigenvalue weighted by Gasteiger charge is 2.04. The number of allylic oxidation sites excluding steroid dienone is 4. The molecule has 0 aromatic heterocycles. The van der Waals surface area contributed by atoms with E-state index in [0.29, 0.717) is 12.8 Å². The van der Waals surface area contributed by atoms with E-state index in [9.17, 15) is 4.39 Å². The van der Waals surface area contributed by atoms with Crippen LogP contribution < -0.4 is 0 Å². The highest BCUT2D eigenvalue weighted by atomic mass is 19.1. The van der Waals surface area contributed by atoms with Crippen LogP contribution in [0.25, 0.3) is 0 Å². The van der Waals surface area contributed by atoms with Gasteiger partial charge in [-0.25, -0.2) is 4.39 Å². The van der Waals surface area contributed by atoms with Gasteiger partial charge in [-0.05, 0) is 19.3 Å². The largest absolute Gasteiger partial charge is 0.247 e. The van der Waals surface area contributed by atoms with Crippen molar-refractivity contribution in [1.82, 2.24) is 0 Å². The zero-order valence-corrected chi connectivity index (χ0v) is 6.31. The van der Waals surface area contributed by atoms with Crippen LogP contribution in [0, 0.1) is 0 Å². The third kappa shape index (κ3) is 1.98. The predicted octanol–water partition coefficient (Wildman–Crippen LogP) is 3.01. The van der Waals surface area contributed by atoms with E-state index in [1.807, 2.05) is 18.2 Å². The molecule has 1 rings (SSSR count). The molecule has 1 atom stereocenters. The van der Waals surface area contributed by atoms with Crippen molar-refractivity contribution in [3.8, 4) is 0 Å². The van der Waals surface area contributed by atoms with Gasteiger partial charge >= 0.3 is 0 Å². The van der Waals surface area contributed by atoms with E-state index in [-0.39, 0.29) is 0 Å². The lowest BCUT2D eigenvalue weighted by Gasteiger charge is -1.96. The first-order valence-corrected chi connectivity index (χ1v) is 3.82. The normalized spacial score (nSPS) is 25.8. The highest BCUT2D eigenvalue weighted by molar-refractivity contribution is 5.20. The maximum atomic E-state index is 12.7. The zero-order valence-electron chi connectivity index (χ0n) is 6.31. The van der Waals surface area contributed by atoms with Gasteiger partial charge in [-0.3, -0.25) is 0 Å². The zero-order chi connectivity index (χ0) is 7.40. The van der Waals surface area contributed by atoms with Gasteiger partial charge in [-0.15, -0.1) is 0 Å². The van der Waals surface area contributed by atoms with Crippen LogP contribution >= 0.6 is 0 Å². The molecule has 0 N–H and O–H groups in total. The Morgan fingerprint density at radius 2 is 2.40 bits per heavy atom. The third-order valence-electron chi connectivity index (χ3n) is 1.77. The highest BCUT2D eigenvalue weighted by Crippen LogP contribution is 2.15. The second-order valence-electron chi connectivity index (χ2n) is 2.60. The standard InChI is InChI=1S/C9H13F/c1-2-8-4-3-5-9(10)7-6-8/h3-4,6,9H,2,5,7H2,1H3. The van der Waals surface area contributed by atoms with E-state index < -0.39 is 6.17 Å². The van der Waals surface area contributed by atoms with Gasteiger partial charge in [0.25, 0.3) is 0 Å². The Balaban J connectivity index is 2.57. The van der Waals surface area contributed by atoms with Crippen LogP contribution in [0.5, 0.6) is 0 Å². The van der Waals surface area contributed by atoms with Crippen LogP contribution in [0.1, 0.15) is 26.2 Å². The maximum Gasteiger partial charge on any atom is 0.107 e. The van der Waals surface area contributed by atoms with Crippen molar-refractivity contribution in [3.05, 3.63) is 23.8 Å². The first-order chi connectivity index (χ1) is 4.83. The maximum absolute atomic E-state index is 12.7. The Hall–Kier alpha value is -0.590. The van der Waals surface area contributed by atoms with Crippen LogP contribution in [-0.2, 0) is 0 Å². The summed E-state index contributed by atoms with van der Waals surface area (Å²) in [6, 6.07) is 0. The van der Waals surface area contributed by atoms with Crippen molar-refractivity contribution >= 4 is 0 Å². The van der Waals surface area contributed by atoms with Gasteiger partial charge in [0.05, 0.1) is 0 Å². The van der Waals surface area contributed by atoms with E-state index in [1.54, 1.807) is 0 Å². The number of halogens is 1. The van der Waals surface area contributed by atoms with E-state index >= 15 is 0 Å². The van der Waals surface area contributed by atoms with Crippen LogP contribution in [0.3, 0.4) is 0 Å². The Labute approximate surface area is 61.4 Å². The Kier molecular flexibility index (Phi) is 2.67. The number of rotatable bonds is 1. The van der Waals surface area contributed by atoms with E-state index in [0.717, 1.165) is 6.42 Å². The van der Waals surface area contributed by atoms with Crippen molar-refractivity contribution in [1.29, 1.82) is 0 Å². The number of alkyl halides is 1. The second kappa shape index (κ2) is 3.55. The topological polar surface area (TPSA) is 0 Å². The summed E-state index contributed by atoms with van der Waals surface area (Å²) < 4.78 is 12.7. The van der Waals surface area contributed by atoms with Crippen LogP contribution in [0.2, 0.25) is 0 Å². The van der Waals surface area contributed by atoms with E-state index in [1.165, 1.54) is 5.57 Å². The number of hydrogen-bond acceptors (Lipinski definition) is 0. The SMILES string of the molecule is CCC1=CCC(F)CC=C1. The average molecular weight is 140 g/mol. The summed E-state index contributed by atoms with van der Waals surface area (Å²) >= 11 is 0. The Morgan fingerprint density at radius 3 is 3.10 bits per heavy atom. The first-order valence-electron chi connectivity index (χ1n) is 3.82. The minimum Gasteiger partial charge on any atom is -0.247 e. The molecule has 0 fully saturated rings. The van der Waals surface area contributed by atoms with Gasteiger partial charge in [0.2, 0.25) is 0 Å².